The number of nitrogens with one attached hydrogen (secondary N) is 1. The van der Waals surface area contributed by atoms with Gasteiger partial charge in [-0.3, -0.25) is 9.48 Å². The predicted molar refractivity (Wildman–Crippen MR) is 147 cm³/mol. The summed E-state index contributed by atoms with van der Waals surface area (Å²) in [6, 6.07) is 5.36. The van der Waals surface area contributed by atoms with Crippen LogP contribution in [0.15, 0.2) is 24.4 Å². The molecule has 0 bridgehead atoms. The van der Waals surface area contributed by atoms with Crippen molar-refractivity contribution in [3.05, 3.63) is 35.5 Å². The Morgan fingerprint density at radius 3 is 2.59 bits per heavy atom. The van der Waals surface area contributed by atoms with Gasteiger partial charge in [-0.2, -0.15) is 14.4 Å². The standard InChI is InChI=1S/C26H34N8O4S/c1-38-21-11-18(24(35)32-7-9-33(10-8-32)39(2,36)37)3-4-19(21)16-34-22-20(15-29-34)30-25(27)31-23(22)28-14-17-12-26(13-17)5-6-26/h3-4,11,15,17H,5-10,12-14,16H2,1-2H3,(H3,27,28,30,31). The molecule has 3 N–H and O–H groups in total. The topological polar surface area (TPSA) is 149 Å². The Labute approximate surface area is 227 Å². The van der Waals surface area contributed by atoms with Gasteiger partial charge >= 0.3 is 0 Å². The van der Waals surface area contributed by atoms with E-state index in [1.54, 1.807) is 30.3 Å². The van der Waals surface area contributed by atoms with Gasteiger partial charge in [-0.1, -0.05) is 6.07 Å². The maximum Gasteiger partial charge on any atom is 0.254 e. The number of hydrogen-bond donors (Lipinski definition) is 2. The number of fused-ring (bicyclic) bond motifs is 1. The van der Waals surface area contributed by atoms with Gasteiger partial charge in [-0.25, -0.2) is 13.4 Å². The molecule has 2 aliphatic carbocycles. The first-order valence-corrected chi connectivity index (χ1v) is 15.1. The second-order valence-electron chi connectivity index (χ2n) is 11.1. The van der Waals surface area contributed by atoms with Crippen molar-refractivity contribution >= 4 is 38.7 Å². The highest BCUT2D eigenvalue weighted by atomic mass is 32.2. The Bertz CT molecular complexity index is 1520. The number of carbonyl (C=O) groups is 1. The molecule has 1 saturated heterocycles. The normalized spacial score (nSPS) is 19.3. The number of hydrogen-bond acceptors (Lipinski definition) is 9. The van der Waals surface area contributed by atoms with Crippen molar-refractivity contribution in [1.82, 2.24) is 29.0 Å². The summed E-state index contributed by atoms with van der Waals surface area (Å²) in [5.41, 5.74) is 9.40. The van der Waals surface area contributed by atoms with Crippen molar-refractivity contribution in [3.63, 3.8) is 0 Å². The fraction of sp³-hybridized carbons (Fsp3) is 0.538. The number of anilines is 2. The molecule has 39 heavy (non-hydrogen) atoms. The first-order valence-electron chi connectivity index (χ1n) is 13.3. The molecule has 0 atom stereocenters. The van der Waals surface area contributed by atoms with E-state index < -0.39 is 10.0 Å². The fourth-order valence-corrected chi connectivity index (χ4v) is 6.80. The number of nitrogens with two attached hydrogens (primary N) is 1. The lowest BCUT2D eigenvalue weighted by atomic mass is 9.72. The molecule has 2 aromatic heterocycles. The molecule has 3 aliphatic rings. The fourth-order valence-electron chi connectivity index (χ4n) is 5.97. The molecule has 13 heteroatoms. The SMILES string of the molecule is COc1cc(C(=O)N2CCN(S(C)(=O)=O)CC2)ccc1Cn1ncc2nc(N)nc(NCC3CC4(CC4)C3)c21. The number of aromatic nitrogens is 4. The van der Waals surface area contributed by atoms with Crippen molar-refractivity contribution in [2.75, 3.05) is 57.1 Å². The van der Waals surface area contributed by atoms with Gasteiger partial charge in [0.25, 0.3) is 5.91 Å². The zero-order chi connectivity index (χ0) is 27.4. The number of methoxy groups -OCH3 is 1. The number of nitrogens with zero attached hydrogens (tertiary/aromatic N) is 6. The molecule has 1 aliphatic heterocycles. The second kappa shape index (κ2) is 9.63. The summed E-state index contributed by atoms with van der Waals surface area (Å²) in [7, 11) is -1.69. The van der Waals surface area contributed by atoms with Crippen molar-refractivity contribution in [1.29, 1.82) is 0 Å². The number of benzene rings is 1. The van der Waals surface area contributed by atoms with E-state index in [1.165, 1.54) is 36.2 Å². The van der Waals surface area contributed by atoms with Crippen LogP contribution in [0.5, 0.6) is 5.75 Å². The molecule has 0 radical (unpaired) electrons. The number of rotatable bonds is 8. The van der Waals surface area contributed by atoms with Gasteiger partial charge in [0.15, 0.2) is 5.82 Å². The number of carbonyl (C=O) groups excluding carboxylic acids is 1. The smallest absolute Gasteiger partial charge is 0.254 e. The lowest BCUT2D eigenvalue weighted by Crippen LogP contribution is -2.50. The van der Waals surface area contributed by atoms with Crippen LogP contribution in [0.1, 0.15) is 41.6 Å². The largest absolute Gasteiger partial charge is 0.496 e. The van der Waals surface area contributed by atoms with Crippen molar-refractivity contribution in [2.24, 2.45) is 11.3 Å². The molecule has 208 valence electrons. The van der Waals surface area contributed by atoms with Gasteiger partial charge in [-0.15, -0.1) is 0 Å². The van der Waals surface area contributed by atoms with Gasteiger partial charge < -0.3 is 20.7 Å². The van der Waals surface area contributed by atoms with Gasteiger partial charge in [0.2, 0.25) is 16.0 Å². The molecule has 0 unspecified atom stereocenters. The molecule has 6 rings (SSSR count). The minimum Gasteiger partial charge on any atom is -0.496 e. The lowest BCUT2D eigenvalue weighted by Gasteiger charge is -2.36. The summed E-state index contributed by atoms with van der Waals surface area (Å²) in [6.07, 6.45) is 8.16. The summed E-state index contributed by atoms with van der Waals surface area (Å²) in [4.78, 5) is 23.7. The number of amides is 1. The van der Waals surface area contributed by atoms with E-state index >= 15 is 0 Å². The Kier molecular flexibility index (Phi) is 6.37. The molecule has 3 heterocycles. The average molecular weight is 555 g/mol. The summed E-state index contributed by atoms with van der Waals surface area (Å²) >= 11 is 0. The maximum atomic E-state index is 13.2. The van der Waals surface area contributed by atoms with Crippen LogP contribution in [0.3, 0.4) is 0 Å². The molecule has 1 spiro atoms. The summed E-state index contributed by atoms with van der Waals surface area (Å²) in [6.45, 7) is 2.50. The minimum atomic E-state index is -3.26. The van der Waals surface area contributed by atoms with Crippen molar-refractivity contribution in [2.45, 2.75) is 32.2 Å². The van der Waals surface area contributed by atoms with Crippen LogP contribution >= 0.6 is 0 Å². The minimum absolute atomic E-state index is 0.156. The summed E-state index contributed by atoms with van der Waals surface area (Å²) in [5.74, 6) is 1.93. The van der Waals surface area contributed by atoms with E-state index in [0.29, 0.717) is 53.6 Å². The third kappa shape index (κ3) is 5.12. The third-order valence-electron chi connectivity index (χ3n) is 8.31. The molecule has 3 fully saturated rings. The van der Waals surface area contributed by atoms with E-state index in [9.17, 15) is 13.2 Å². The van der Waals surface area contributed by atoms with Gasteiger partial charge in [0.05, 0.1) is 26.1 Å². The highest BCUT2D eigenvalue weighted by Gasteiger charge is 2.52. The third-order valence-corrected chi connectivity index (χ3v) is 9.62. The molecule has 1 amide bonds. The van der Waals surface area contributed by atoms with Gasteiger partial charge in [0.1, 0.15) is 16.8 Å². The Morgan fingerprint density at radius 1 is 1.18 bits per heavy atom. The van der Waals surface area contributed by atoms with E-state index in [0.717, 1.165) is 17.6 Å². The first kappa shape index (κ1) is 25.8. The van der Waals surface area contributed by atoms with Crippen molar-refractivity contribution < 1.29 is 17.9 Å². The summed E-state index contributed by atoms with van der Waals surface area (Å²) < 4.78 is 32.5. The van der Waals surface area contributed by atoms with Crippen LogP contribution in [-0.2, 0) is 16.6 Å². The molecule has 3 aromatic rings. The number of piperazine rings is 1. The number of nitrogen functional groups attached to an aromatic ring is 1. The monoisotopic (exact) mass is 554 g/mol. The predicted octanol–water partition coefficient (Wildman–Crippen LogP) is 1.78. The summed E-state index contributed by atoms with van der Waals surface area (Å²) in [5, 5.41) is 8.05. The zero-order valence-corrected chi connectivity index (χ0v) is 23.1. The Morgan fingerprint density at radius 2 is 1.92 bits per heavy atom. The molecular formula is C26H34N8O4S. The van der Waals surface area contributed by atoms with Crippen molar-refractivity contribution in [3.8, 4) is 5.75 Å². The van der Waals surface area contributed by atoms with Crippen LogP contribution in [0.4, 0.5) is 11.8 Å². The van der Waals surface area contributed by atoms with Crippen LogP contribution < -0.4 is 15.8 Å². The van der Waals surface area contributed by atoms with Crippen LogP contribution in [0, 0.1) is 11.3 Å². The van der Waals surface area contributed by atoms with Crippen LogP contribution in [0.25, 0.3) is 11.0 Å². The molecule has 12 nitrogen and oxygen atoms in total. The Balaban J connectivity index is 1.19. The average Bonchev–Trinajstić information content (AvgIpc) is 3.60. The quantitative estimate of drug-likeness (QED) is 0.425. The van der Waals surface area contributed by atoms with E-state index in [4.69, 9.17) is 10.5 Å². The number of sulfonamides is 1. The second-order valence-corrected chi connectivity index (χ2v) is 13.1. The maximum absolute atomic E-state index is 13.2. The van der Waals surface area contributed by atoms with E-state index in [2.05, 4.69) is 20.4 Å². The molecule has 1 aromatic carbocycles. The highest BCUT2D eigenvalue weighted by Crippen LogP contribution is 2.63. The number of ether oxygens (including phenoxy) is 1. The lowest BCUT2D eigenvalue weighted by molar-refractivity contribution is 0.0698. The van der Waals surface area contributed by atoms with E-state index in [1.807, 2.05) is 10.7 Å². The van der Waals surface area contributed by atoms with Gasteiger partial charge in [-0.05, 0) is 49.1 Å². The van der Waals surface area contributed by atoms with E-state index in [-0.39, 0.29) is 24.9 Å². The zero-order valence-electron chi connectivity index (χ0n) is 22.3. The van der Waals surface area contributed by atoms with Crippen LogP contribution in [-0.4, -0.2) is 89.4 Å². The van der Waals surface area contributed by atoms with Crippen LogP contribution in [0.2, 0.25) is 0 Å². The van der Waals surface area contributed by atoms with Gasteiger partial charge in [0, 0.05) is 43.9 Å². The molecular weight excluding hydrogens is 520 g/mol. The highest BCUT2D eigenvalue weighted by molar-refractivity contribution is 7.88. The Hall–Kier alpha value is -3.45. The molecule has 2 saturated carbocycles. The first-order chi connectivity index (χ1) is 18.6.